The quantitative estimate of drug-likeness (QED) is 0.744. The molecule has 114 valence electrons. The van der Waals surface area contributed by atoms with Crippen LogP contribution in [0.2, 0.25) is 0 Å². The van der Waals surface area contributed by atoms with Gasteiger partial charge < -0.3 is 15.0 Å². The first-order valence-corrected chi connectivity index (χ1v) is 7.64. The molecule has 0 atom stereocenters. The minimum absolute atomic E-state index is 0.397. The largest absolute Gasteiger partial charge is 0.494 e. The lowest BCUT2D eigenvalue weighted by Gasteiger charge is -2.06. The topological polar surface area (TPSA) is 61.3 Å². The van der Waals surface area contributed by atoms with Crippen LogP contribution < -0.4 is 10.5 Å². The summed E-state index contributed by atoms with van der Waals surface area (Å²) < 4.78 is 11.1. The van der Waals surface area contributed by atoms with E-state index in [1.54, 1.807) is 0 Å². The van der Waals surface area contributed by atoms with E-state index < -0.39 is 0 Å². The zero-order chi connectivity index (χ0) is 15.1. The van der Waals surface area contributed by atoms with Crippen molar-refractivity contribution in [3.63, 3.8) is 0 Å². The second-order valence-electron chi connectivity index (χ2n) is 5.22. The van der Waals surface area contributed by atoms with Crippen molar-refractivity contribution in [2.24, 2.45) is 5.73 Å². The second kappa shape index (κ2) is 7.84. The lowest BCUT2D eigenvalue weighted by atomic mass is 10.1. The summed E-state index contributed by atoms with van der Waals surface area (Å²) in [4.78, 5) is 0. The predicted octanol–water partition coefficient (Wildman–Crippen LogP) is 4.07. The van der Waals surface area contributed by atoms with Crippen LogP contribution in [0.25, 0.3) is 11.3 Å². The van der Waals surface area contributed by atoms with Gasteiger partial charge in [0.15, 0.2) is 5.76 Å². The Balaban J connectivity index is 1.94. The number of benzene rings is 1. The van der Waals surface area contributed by atoms with E-state index in [1.807, 2.05) is 31.2 Å². The molecule has 0 aliphatic rings. The highest BCUT2D eigenvalue weighted by Gasteiger charge is 2.12. The Morgan fingerprint density at radius 2 is 1.90 bits per heavy atom. The average Bonchev–Trinajstić information content (AvgIpc) is 2.88. The van der Waals surface area contributed by atoms with Gasteiger partial charge in [0.1, 0.15) is 11.4 Å². The molecule has 0 saturated carbocycles. The van der Waals surface area contributed by atoms with Gasteiger partial charge in [-0.05, 0) is 37.6 Å². The zero-order valence-corrected chi connectivity index (χ0v) is 12.9. The van der Waals surface area contributed by atoms with E-state index in [0.29, 0.717) is 6.54 Å². The fraction of sp³-hybridized carbons (Fsp3) is 0.471. The molecule has 21 heavy (non-hydrogen) atoms. The monoisotopic (exact) mass is 288 g/mol. The first-order chi connectivity index (χ1) is 10.3. The van der Waals surface area contributed by atoms with Crippen molar-refractivity contribution in [3.8, 4) is 17.1 Å². The molecule has 2 aromatic rings. The van der Waals surface area contributed by atoms with Crippen LogP contribution in [0.5, 0.6) is 5.75 Å². The summed E-state index contributed by atoms with van der Waals surface area (Å²) in [6.45, 7) is 5.36. The van der Waals surface area contributed by atoms with E-state index in [0.717, 1.165) is 41.4 Å². The van der Waals surface area contributed by atoms with Gasteiger partial charge in [0, 0.05) is 17.7 Å². The van der Waals surface area contributed by atoms with E-state index in [1.165, 1.54) is 19.3 Å². The number of aromatic nitrogens is 1. The van der Waals surface area contributed by atoms with Gasteiger partial charge in [0.25, 0.3) is 0 Å². The Labute approximate surface area is 126 Å². The number of nitrogens with two attached hydrogens (primary N) is 1. The Bertz CT molecular complexity index is 546. The van der Waals surface area contributed by atoms with Gasteiger partial charge in [-0.25, -0.2) is 0 Å². The maximum Gasteiger partial charge on any atom is 0.170 e. The number of rotatable bonds is 8. The van der Waals surface area contributed by atoms with Crippen LogP contribution >= 0.6 is 0 Å². The van der Waals surface area contributed by atoms with Crippen LogP contribution in [0, 0.1) is 6.92 Å². The summed E-state index contributed by atoms with van der Waals surface area (Å²) in [7, 11) is 0. The maximum atomic E-state index is 5.73. The number of nitrogens with zero attached hydrogens (tertiary/aromatic N) is 1. The summed E-state index contributed by atoms with van der Waals surface area (Å²) in [5.74, 6) is 1.68. The van der Waals surface area contributed by atoms with Crippen molar-refractivity contribution >= 4 is 0 Å². The van der Waals surface area contributed by atoms with Crippen LogP contribution in [-0.2, 0) is 6.54 Å². The van der Waals surface area contributed by atoms with E-state index in [-0.39, 0.29) is 0 Å². The molecule has 0 aliphatic heterocycles. The molecule has 0 spiro atoms. The molecule has 1 heterocycles. The molecule has 0 unspecified atom stereocenters. The smallest absolute Gasteiger partial charge is 0.170 e. The Hall–Kier alpha value is -1.81. The third-order valence-corrected chi connectivity index (χ3v) is 3.60. The predicted molar refractivity (Wildman–Crippen MR) is 84.2 cm³/mol. The molecule has 0 saturated heterocycles. The number of hydrogen-bond donors (Lipinski definition) is 1. The summed E-state index contributed by atoms with van der Waals surface area (Å²) in [5.41, 5.74) is 8.42. The Kier molecular flexibility index (Phi) is 5.81. The van der Waals surface area contributed by atoms with E-state index in [2.05, 4.69) is 12.1 Å². The summed E-state index contributed by atoms with van der Waals surface area (Å²) in [6, 6.07) is 7.93. The van der Waals surface area contributed by atoms with Crippen molar-refractivity contribution in [3.05, 3.63) is 35.5 Å². The minimum atomic E-state index is 0.397. The van der Waals surface area contributed by atoms with E-state index in [4.69, 9.17) is 15.0 Å². The van der Waals surface area contributed by atoms with E-state index >= 15 is 0 Å². The summed E-state index contributed by atoms with van der Waals surface area (Å²) in [5, 5.41) is 3.98. The fourth-order valence-electron chi connectivity index (χ4n) is 2.25. The molecular formula is C17H24N2O2. The van der Waals surface area contributed by atoms with Gasteiger partial charge in [-0.15, -0.1) is 0 Å². The van der Waals surface area contributed by atoms with Crippen molar-refractivity contribution in [2.75, 3.05) is 6.61 Å². The third-order valence-electron chi connectivity index (χ3n) is 3.60. The van der Waals surface area contributed by atoms with Crippen LogP contribution in [-0.4, -0.2) is 11.8 Å². The Morgan fingerprint density at radius 1 is 1.14 bits per heavy atom. The van der Waals surface area contributed by atoms with Crippen LogP contribution in [0.3, 0.4) is 0 Å². The van der Waals surface area contributed by atoms with Gasteiger partial charge >= 0.3 is 0 Å². The zero-order valence-electron chi connectivity index (χ0n) is 12.9. The lowest BCUT2D eigenvalue weighted by Crippen LogP contribution is -1.98. The number of unbranched alkanes of at least 4 members (excludes halogenated alkanes) is 3. The van der Waals surface area contributed by atoms with Crippen LogP contribution in [0.15, 0.2) is 28.8 Å². The summed E-state index contributed by atoms with van der Waals surface area (Å²) >= 11 is 0. The molecule has 1 aromatic carbocycles. The SMILES string of the molecule is CCCCCCOc1ccc(-c2onc(CN)c2C)cc1. The molecule has 4 nitrogen and oxygen atoms in total. The molecule has 0 bridgehead atoms. The maximum absolute atomic E-state index is 5.73. The summed E-state index contributed by atoms with van der Waals surface area (Å²) in [6.07, 6.45) is 4.86. The molecule has 1 aromatic heterocycles. The van der Waals surface area contributed by atoms with Gasteiger partial charge in [-0.1, -0.05) is 31.3 Å². The number of ether oxygens (including phenoxy) is 1. The van der Waals surface area contributed by atoms with Gasteiger partial charge in [-0.2, -0.15) is 0 Å². The van der Waals surface area contributed by atoms with Gasteiger partial charge in [0.05, 0.1) is 6.61 Å². The molecule has 2 rings (SSSR count). The minimum Gasteiger partial charge on any atom is -0.494 e. The molecule has 0 amide bonds. The molecular weight excluding hydrogens is 264 g/mol. The van der Waals surface area contributed by atoms with Crippen molar-refractivity contribution < 1.29 is 9.26 Å². The van der Waals surface area contributed by atoms with Crippen LogP contribution in [0.4, 0.5) is 0 Å². The van der Waals surface area contributed by atoms with Crippen molar-refractivity contribution in [1.29, 1.82) is 0 Å². The molecule has 0 aliphatic carbocycles. The van der Waals surface area contributed by atoms with Gasteiger partial charge in [0.2, 0.25) is 0 Å². The third kappa shape index (κ3) is 4.08. The van der Waals surface area contributed by atoms with E-state index in [9.17, 15) is 0 Å². The average molecular weight is 288 g/mol. The Morgan fingerprint density at radius 3 is 2.52 bits per heavy atom. The molecule has 4 heteroatoms. The highest BCUT2D eigenvalue weighted by molar-refractivity contribution is 5.62. The van der Waals surface area contributed by atoms with Crippen LogP contribution in [0.1, 0.15) is 43.9 Å². The fourth-order valence-corrected chi connectivity index (χ4v) is 2.25. The van der Waals surface area contributed by atoms with Crippen molar-refractivity contribution in [1.82, 2.24) is 5.16 Å². The second-order valence-corrected chi connectivity index (χ2v) is 5.22. The first-order valence-electron chi connectivity index (χ1n) is 7.64. The molecule has 2 N–H and O–H groups in total. The highest BCUT2D eigenvalue weighted by Crippen LogP contribution is 2.27. The highest BCUT2D eigenvalue weighted by atomic mass is 16.5. The van der Waals surface area contributed by atoms with Crippen molar-refractivity contribution in [2.45, 2.75) is 46.1 Å². The lowest BCUT2D eigenvalue weighted by molar-refractivity contribution is 0.305. The molecule has 0 fully saturated rings. The standard InChI is InChI=1S/C17H24N2O2/c1-3-4-5-6-11-20-15-9-7-14(8-10-15)17-13(2)16(12-18)19-21-17/h7-10H,3-6,11-12,18H2,1-2H3. The molecule has 0 radical (unpaired) electrons. The normalized spacial score (nSPS) is 10.8. The first kappa shape index (κ1) is 15.6. The van der Waals surface area contributed by atoms with Gasteiger partial charge in [-0.3, -0.25) is 0 Å². The number of hydrogen-bond acceptors (Lipinski definition) is 4.